The molecular weight excluding hydrogens is 238 g/mol. The fourth-order valence-corrected chi connectivity index (χ4v) is 2.40. The first kappa shape index (κ1) is 12.0. The molecular formula is C12H13NO3S. The molecule has 0 saturated heterocycles. The first-order chi connectivity index (χ1) is 8.17. The summed E-state index contributed by atoms with van der Waals surface area (Å²) < 4.78 is 5.25. The Morgan fingerprint density at radius 2 is 2.24 bits per heavy atom. The van der Waals surface area contributed by atoms with E-state index in [1.165, 1.54) is 0 Å². The minimum Gasteiger partial charge on any atom is -0.496 e. The van der Waals surface area contributed by atoms with Crippen LogP contribution >= 0.6 is 12.6 Å². The van der Waals surface area contributed by atoms with Gasteiger partial charge in [0.05, 0.1) is 12.0 Å². The molecule has 1 aromatic carbocycles. The zero-order chi connectivity index (χ0) is 12.4. The molecule has 5 heteroatoms. The fourth-order valence-electron chi connectivity index (χ4n) is 2.10. The molecule has 0 unspecified atom stereocenters. The molecule has 17 heavy (non-hydrogen) atoms. The van der Waals surface area contributed by atoms with Gasteiger partial charge in [0, 0.05) is 23.8 Å². The fraction of sp³-hybridized carbons (Fsp3) is 0.333. The van der Waals surface area contributed by atoms with E-state index in [1.54, 1.807) is 13.2 Å². The highest BCUT2D eigenvalue weighted by Crippen LogP contribution is 2.34. The molecule has 2 rings (SSSR count). The van der Waals surface area contributed by atoms with Gasteiger partial charge in [-0.05, 0) is 23.6 Å². The summed E-state index contributed by atoms with van der Waals surface area (Å²) in [6, 6.07) is 3.80. The van der Waals surface area contributed by atoms with Gasteiger partial charge in [-0.2, -0.15) is 12.6 Å². The van der Waals surface area contributed by atoms with Crippen LogP contribution in [-0.4, -0.2) is 12.0 Å². The number of hydrogen-bond donors (Lipinski definition) is 1. The Balaban J connectivity index is 2.58. The van der Waals surface area contributed by atoms with Crippen LogP contribution in [0.4, 0.5) is 0 Å². The van der Waals surface area contributed by atoms with Crippen molar-refractivity contribution >= 4 is 18.7 Å². The molecule has 0 heterocycles. The Morgan fingerprint density at radius 1 is 1.47 bits per heavy atom. The normalized spacial score (nSPS) is 13.9. The van der Waals surface area contributed by atoms with Crippen LogP contribution in [-0.2, 0) is 12.2 Å². The molecule has 1 aliphatic carbocycles. The van der Waals surface area contributed by atoms with Crippen LogP contribution in [0, 0.1) is 10.1 Å². The van der Waals surface area contributed by atoms with Crippen LogP contribution in [0.3, 0.4) is 0 Å². The highest BCUT2D eigenvalue weighted by atomic mass is 32.1. The molecule has 0 fully saturated rings. The number of ether oxygens (including phenoxy) is 1. The average Bonchev–Trinajstić information content (AvgIpc) is 2.36. The lowest BCUT2D eigenvalue weighted by atomic mass is 9.91. The van der Waals surface area contributed by atoms with Gasteiger partial charge in [0.2, 0.25) is 5.70 Å². The topological polar surface area (TPSA) is 52.4 Å². The summed E-state index contributed by atoms with van der Waals surface area (Å²) in [6.07, 6.45) is 2.76. The summed E-state index contributed by atoms with van der Waals surface area (Å²) in [6.45, 7) is 0. The molecule has 0 saturated carbocycles. The zero-order valence-electron chi connectivity index (χ0n) is 9.47. The second-order valence-electron chi connectivity index (χ2n) is 3.87. The summed E-state index contributed by atoms with van der Waals surface area (Å²) in [5.74, 6) is 1.32. The maximum Gasteiger partial charge on any atom is 0.247 e. The van der Waals surface area contributed by atoms with Gasteiger partial charge in [-0.25, -0.2) is 0 Å². The summed E-state index contributed by atoms with van der Waals surface area (Å²) in [5, 5.41) is 10.8. The Morgan fingerprint density at radius 3 is 2.82 bits per heavy atom. The molecule has 4 nitrogen and oxygen atoms in total. The molecule has 0 spiro atoms. The summed E-state index contributed by atoms with van der Waals surface area (Å²) in [7, 11) is 1.57. The number of rotatable bonds is 3. The molecule has 1 aliphatic rings. The van der Waals surface area contributed by atoms with Crippen molar-refractivity contribution in [3.63, 3.8) is 0 Å². The van der Waals surface area contributed by atoms with Gasteiger partial charge >= 0.3 is 0 Å². The molecule has 0 amide bonds. The van der Waals surface area contributed by atoms with E-state index >= 15 is 0 Å². The third kappa shape index (κ3) is 2.15. The molecule has 0 atom stereocenters. The van der Waals surface area contributed by atoms with Crippen molar-refractivity contribution in [2.45, 2.75) is 18.6 Å². The van der Waals surface area contributed by atoms with Crippen molar-refractivity contribution in [3.8, 4) is 5.75 Å². The summed E-state index contributed by atoms with van der Waals surface area (Å²) in [4.78, 5) is 10.5. The lowest BCUT2D eigenvalue weighted by molar-refractivity contribution is -0.426. The van der Waals surface area contributed by atoms with E-state index < -0.39 is 0 Å². The smallest absolute Gasteiger partial charge is 0.247 e. The van der Waals surface area contributed by atoms with E-state index in [4.69, 9.17) is 4.74 Å². The van der Waals surface area contributed by atoms with Crippen LogP contribution in [0.2, 0.25) is 0 Å². The van der Waals surface area contributed by atoms with Crippen molar-refractivity contribution in [3.05, 3.63) is 44.6 Å². The van der Waals surface area contributed by atoms with Crippen molar-refractivity contribution in [2.75, 3.05) is 7.11 Å². The zero-order valence-corrected chi connectivity index (χ0v) is 10.4. The van der Waals surface area contributed by atoms with Gasteiger partial charge in [0.1, 0.15) is 5.75 Å². The lowest BCUT2D eigenvalue weighted by Crippen LogP contribution is -2.09. The number of thiol groups is 1. The number of allylic oxidation sites excluding steroid dienone is 1. The minimum absolute atomic E-state index is 0.243. The van der Waals surface area contributed by atoms with Crippen LogP contribution in [0.15, 0.2) is 17.8 Å². The molecule has 1 aromatic rings. The molecule has 0 bridgehead atoms. The van der Waals surface area contributed by atoms with E-state index in [0.717, 1.165) is 16.7 Å². The van der Waals surface area contributed by atoms with Crippen LogP contribution in [0.25, 0.3) is 6.08 Å². The van der Waals surface area contributed by atoms with Crippen molar-refractivity contribution in [1.82, 2.24) is 0 Å². The second kappa shape index (κ2) is 4.79. The van der Waals surface area contributed by atoms with Crippen LogP contribution in [0.1, 0.15) is 23.1 Å². The van der Waals surface area contributed by atoms with Gasteiger partial charge in [0.15, 0.2) is 0 Å². The highest BCUT2D eigenvalue weighted by Gasteiger charge is 2.22. The third-order valence-electron chi connectivity index (χ3n) is 2.98. The van der Waals surface area contributed by atoms with E-state index in [2.05, 4.69) is 12.6 Å². The van der Waals surface area contributed by atoms with E-state index in [9.17, 15) is 10.1 Å². The summed E-state index contributed by atoms with van der Waals surface area (Å²) in [5.41, 5.74) is 3.30. The SMILES string of the molecule is COc1ccc(CS)c2c1C=C([N+](=O)[O-])CC2. The van der Waals surface area contributed by atoms with Gasteiger partial charge in [-0.3, -0.25) is 10.1 Å². The van der Waals surface area contributed by atoms with Gasteiger partial charge in [-0.1, -0.05) is 6.07 Å². The molecule has 0 N–H and O–H groups in total. The predicted octanol–water partition coefficient (Wildman–Crippen LogP) is 2.69. The number of fused-ring (bicyclic) bond motifs is 1. The Labute approximate surface area is 105 Å². The Hall–Kier alpha value is -1.49. The predicted molar refractivity (Wildman–Crippen MR) is 69.0 cm³/mol. The van der Waals surface area contributed by atoms with Crippen LogP contribution in [0.5, 0.6) is 5.75 Å². The quantitative estimate of drug-likeness (QED) is 0.510. The third-order valence-corrected chi connectivity index (χ3v) is 3.32. The monoisotopic (exact) mass is 251 g/mol. The number of hydrogen-bond acceptors (Lipinski definition) is 4. The highest BCUT2D eigenvalue weighted by molar-refractivity contribution is 7.79. The first-order valence-electron chi connectivity index (χ1n) is 5.32. The van der Waals surface area contributed by atoms with E-state index in [-0.39, 0.29) is 10.6 Å². The van der Waals surface area contributed by atoms with Gasteiger partial charge in [-0.15, -0.1) is 0 Å². The molecule has 90 valence electrons. The number of nitro groups is 1. The number of nitrogens with zero attached hydrogens (tertiary/aromatic N) is 1. The van der Waals surface area contributed by atoms with Gasteiger partial charge < -0.3 is 4.74 Å². The number of benzene rings is 1. The molecule has 0 aromatic heterocycles. The standard InChI is InChI=1S/C12H13NO3S/c1-16-12-5-2-8(7-17)10-4-3-9(13(14)15)6-11(10)12/h2,5-6,17H,3-4,7H2,1H3. The minimum atomic E-state index is -0.324. The Bertz CT molecular complexity index is 497. The van der Waals surface area contributed by atoms with E-state index in [0.29, 0.717) is 24.3 Å². The van der Waals surface area contributed by atoms with Gasteiger partial charge in [0.25, 0.3) is 0 Å². The molecule has 0 radical (unpaired) electrons. The number of methoxy groups -OCH3 is 1. The van der Waals surface area contributed by atoms with E-state index in [1.807, 2.05) is 12.1 Å². The Kier molecular flexibility index (Phi) is 3.38. The largest absolute Gasteiger partial charge is 0.496 e. The van der Waals surface area contributed by atoms with Crippen molar-refractivity contribution in [1.29, 1.82) is 0 Å². The lowest BCUT2D eigenvalue weighted by Gasteiger charge is -2.18. The molecule has 0 aliphatic heterocycles. The maximum absolute atomic E-state index is 10.8. The average molecular weight is 251 g/mol. The summed E-state index contributed by atoms with van der Waals surface area (Å²) >= 11 is 4.28. The maximum atomic E-state index is 10.8. The van der Waals surface area contributed by atoms with Crippen molar-refractivity contribution < 1.29 is 9.66 Å². The second-order valence-corrected chi connectivity index (χ2v) is 4.19. The first-order valence-corrected chi connectivity index (χ1v) is 5.95. The van der Waals surface area contributed by atoms with Crippen molar-refractivity contribution in [2.24, 2.45) is 0 Å². The van der Waals surface area contributed by atoms with Crippen LogP contribution < -0.4 is 4.74 Å².